The van der Waals surface area contributed by atoms with Gasteiger partial charge in [0.05, 0.1) is 19.4 Å². The molecule has 2 aromatic carbocycles. The maximum absolute atomic E-state index is 13.1. The van der Waals surface area contributed by atoms with Crippen LogP contribution in [0.4, 0.5) is 4.39 Å². The van der Waals surface area contributed by atoms with Crippen molar-refractivity contribution in [3.8, 4) is 17.0 Å². The van der Waals surface area contributed by atoms with Gasteiger partial charge in [-0.3, -0.25) is 9.89 Å². The third kappa shape index (κ3) is 4.51. The highest BCUT2D eigenvalue weighted by molar-refractivity contribution is 5.93. The highest BCUT2D eigenvalue weighted by atomic mass is 19.1. The van der Waals surface area contributed by atoms with Gasteiger partial charge in [0.25, 0.3) is 5.91 Å². The molecular formula is C20H20FN3O3. The summed E-state index contributed by atoms with van der Waals surface area (Å²) in [6.07, 6.45) is 0. The fraction of sp³-hybridized carbons (Fsp3) is 0.200. The first-order chi connectivity index (χ1) is 13.1. The van der Waals surface area contributed by atoms with E-state index < -0.39 is 0 Å². The lowest BCUT2D eigenvalue weighted by molar-refractivity contribution is 0.0702. The molecule has 0 aliphatic heterocycles. The molecule has 0 aliphatic carbocycles. The third-order valence-electron chi connectivity index (χ3n) is 4.12. The van der Waals surface area contributed by atoms with Crippen LogP contribution in [0, 0.1) is 5.82 Å². The minimum Gasteiger partial charge on any atom is -0.497 e. The number of hydrogen-bond donors (Lipinski definition) is 2. The molecule has 6 nitrogen and oxygen atoms in total. The fourth-order valence-electron chi connectivity index (χ4n) is 2.72. The molecule has 0 aliphatic rings. The van der Waals surface area contributed by atoms with Crippen LogP contribution in [0.1, 0.15) is 16.1 Å². The van der Waals surface area contributed by atoms with Crippen molar-refractivity contribution in [3.05, 3.63) is 71.7 Å². The van der Waals surface area contributed by atoms with Gasteiger partial charge in [0.1, 0.15) is 17.3 Å². The van der Waals surface area contributed by atoms with E-state index in [-0.39, 0.29) is 31.4 Å². The number of carbonyl (C=O) groups is 1. The summed E-state index contributed by atoms with van der Waals surface area (Å²) < 4.78 is 18.3. The molecule has 0 atom stereocenters. The number of aliphatic hydroxyl groups excluding tert-OH is 1. The Hall–Kier alpha value is -3.19. The number of hydrogen-bond acceptors (Lipinski definition) is 4. The predicted octanol–water partition coefficient (Wildman–Crippen LogP) is 2.86. The van der Waals surface area contributed by atoms with E-state index in [1.54, 1.807) is 25.3 Å². The predicted molar refractivity (Wildman–Crippen MR) is 98.8 cm³/mol. The van der Waals surface area contributed by atoms with Gasteiger partial charge in [-0.2, -0.15) is 5.10 Å². The van der Waals surface area contributed by atoms with Gasteiger partial charge in [-0.1, -0.05) is 24.3 Å². The van der Waals surface area contributed by atoms with Gasteiger partial charge >= 0.3 is 0 Å². The Morgan fingerprint density at radius 1 is 1.22 bits per heavy atom. The van der Waals surface area contributed by atoms with Crippen LogP contribution in [0.15, 0.2) is 54.6 Å². The number of amides is 1. The van der Waals surface area contributed by atoms with Crippen LogP contribution >= 0.6 is 0 Å². The van der Waals surface area contributed by atoms with E-state index in [9.17, 15) is 14.3 Å². The molecule has 3 aromatic rings. The van der Waals surface area contributed by atoms with Crippen molar-refractivity contribution < 1.29 is 19.0 Å². The molecule has 7 heteroatoms. The summed E-state index contributed by atoms with van der Waals surface area (Å²) in [7, 11) is 1.58. The third-order valence-corrected chi connectivity index (χ3v) is 4.12. The maximum Gasteiger partial charge on any atom is 0.272 e. The van der Waals surface area contributed by atoms with Gasteiger partial charge < -0.3 is 14.7 Å². The number of aromatic nitrogens is 2. The number of halogens is 1. The molecule has 0 fully saturated rings. The van der Waals surface area contributed by atoms with Crippen molar-refractivity contribution in [2.45, 2.75) is 6.54 Å². The van der Waals surface area contributed by atoms with Crippen molar-refractivity contribution in [2.24, 2.45) is 0 Å². The smallest absolute Gasteiger partial charge is 0.272 e. The van der Waals surface area contributed by atoms with Gasteiger partial charge in [0.15, 0.2) is 0 Å². The summed E-state index contributed by atoms with van der Waals surface area (Å²) in [4.78, 5) is 14.3. The molecule has 0 radical (unpaired) electrons. The first-order valence-corrected chi connectivity index (χ1v) is 8.45. The molecule has 0 saturated carbocycles. The maximum atomic E-state index is 13.1. The number of methoxy groups -OCH3 is 1. The van der Waals surface area contributed by atoms with Crippen molar-refractivity contribution in [1.29, 1.82) is 0 Å². The van der Waals surface area contributed by atoms with E-state index in [2.05, 4.69) is 10.2 Å². The number of benzene rings is 2. The van der Waals surface area contributed by atoms with Gasteiger partial charge in [0, 0.05) is 18.7 Å². The molecule has 0 spiro atoms. The van der Waals surface area contributed by atoms with E-state index in [1.165, 1.54) is 17.0 Å². The van der Waals surface area contributed by atoms with Crippen LogP contribution in [-0.2, 0) is 6.54 Å². The lowest BCUT2D eigenvalue weighted by Gasteiger charge is -2.21. The second-order valence-electron chi connectivity index (χ2n) is 5.98. The standard InChI is InChI=1S/C20H20FN3O3/c1-27-17-4-2-3-15(11-17)18-12-19(23-22-18)20(26)24(9-10-25)13-14-5-7-16(21)8-6-14/h2-8,11-12,25H,9-10,13H2,1H3,(H,22,23). The van der Waals surface area contributed by atoms with Gasteiger partial charge in [-0.15, -0.1) is 0 Å². The number of aliphatic hydroxyl groups is 1. The molecule has 1 heterocycles. The molecular weight excluding hydrogens is 349 g/mol. The van der Waals surface area contributed by atoms with E-state index >= 15 is 0 Å². The zero-order valence-corrected chi connectivity index (χ0v) is 14.9. The lowest BCUT2D eigenvalue weighted by Crippen LogP contribution is -2.33. The molecule has 140 valence electrons. The van der Waals surface area contributed by atoms with E-state index in [0.29, 0.717) is 17.1 Å². The summed E-state index contributed by atoms with van der Waals surface area (Å²) in [5.41, 5.74) is 2.51. The van der Waals surface area contributed by atoms with Gasteiger partial charge in [-0.05, 0) is 35.9 Å². The Balaban J connectivity index is 1.79. The number of nitrogens with one attached hydrogen (secondary N) is 1. The van der Waals surface area contributed by atoms with Crippen molar-refractivity contribution in [2.75, 3.05) is 20.3 Å². The SMILES string of the molecule is COc1cccc(-c2cc(C(=O)N(CCO)Cc3ccc(F)cc3)[nH]n2)c1. The van der Waals surface area contributed by atoms with Crippen LogP contribution in [0.3, 0.4) is 0 Å². The molecule has 1 aromatic heterocycles. The number of H-pyrrole nitrogens is 1. The number of rotatable bonds is 7. The minimum atomic E-state index is -0.338. The van der Waals surface area contributed by atoms with Crippen molar-refractivity contribution in [3.63, 3.8) is 0 Å². The number of aromatic amines is 1. The Morgan fingerprint density at radius 3 is 2.70 bits per heavy atom. The fourth-order valence-corrected chi connectivity index (χ4v) is 2.72. The van der Waals surface area contributed by atoms with Crippen LogP contribution in [0.5, 0.6) is 5.75 Å². The molecule has 3 rings (SSSR count). The van der Waals surface area contributed by atoms with E-state index in [1.807, 2.05) is 24.3 Å². The summed E-state index contributed by atoms with van der Waals surface area (Å²) in [5.74, 6) is 0.0619. The Bertz CT molecular complexity index is 909. The van der Waals surface area contributed by atoms with E-state index in [4.69, 9.17) is 4.74 Å². The van der Waals surface area contributed by atoms with Crippen molar-refractivity contribution >= 4 is 5.91 Å². The molecule has 0 saturated heterocycles. The zero-order valence-electron chi connectivity index (χ0n) is 14.9. The summed E-state index contributed by atoms with van der Waals surface area (Å²) >= 11 is 0. The molecule has 2 N–H and O–H groups in total. The summed E-state index contributed by atoms with van der Waals surface area (Å²) in [6, 6.07) is 14.9. The zero-order chi connectivity index (χ0) is 19.2. The minimum absolute atomic E-state index is 0.156. The first kappa shape index (κ1) is 18.6. The first-order valence-electron chi connectivity index (χ1n) is 8.45. The summed E-state index contributed by atoms with van der Waals surface area (Å²) in [6.45, 7) is 0.237. The highest BCUT2D eigenvalue weighted by Gasteiger charge is 2.19. The number of carbonyl (C=O) groups excluding carboxylic acids is 1. The van der Waals surface area contributed by atoms with Gasteiger partial charge in [-0.25, -0.2) is 4.39 Å². The summed E-state index contributed by atoms with van der Waals surface area (Å²) in [5, 5.41) is 16.3. The van der Waals surface area contributed by atoms with Crippen LogP contribution in [-0.4, -0.2) is 46.4 Å². The average molecular weight is 369 g/mol. The Kier molecular flexibility index (Phi) is 5.83. The quantitative estimate of drug-likeness (QED) is 0.671. The second-order valence-corrected chi connectivity index (χ2v) is 5.98. The Morgan fingerprint density at radius 2 is 2.00 bits per heavy atom. The van der Waals surface area contributed by atoms with Crippen LogP contribution in [0.2, 0.25) is 0 Å². The molecule has 27 heavy (non-hydrogen) atoms. The lowest BCUT2D eigenvalue weighted by atomic mass is 10.1. The molecule has 0 bridgehead atoms. The number of nitrogens with zero attached hydrogens (tertiary/aromatic N) is 2. The molecule has 0 unspecified atom stereocenters. The topological polar surface area (TPSA) is 78.5 Å². The van der Waals surface area contributed by atoms with E-state index in [0.717, 1.165) is 11.1 Å². The van der Waals surface area contributed by atoms with Crippen LogP contribution in [0.25, 0.3) is 11.3 Å². The monoisotopic (exact) mass is 369 g/mol. The van der Waals surface area contributed by atoms with Crippen molar-refractivity contribution in [1.82, 2.24) is 15.1 Å². The normalized spacial score (nSPS) is 10.6. The van der Waals surface area contributed by atoms with Gasteiger partial charge in [0.2, 0.25) is 0 Å². The van der Waals surface area contributed by atoms with Crippen LogP contribution < -0.4 is 4.74 Å². The average Bonchev–Trinajstić information content (AvgIpc) is 3.19. The largest absolute Gasteiger partial charge is 0.497 e. The highest BCUT2D eigenvalue weighted by Crippen LogP contribution is 2.23. The Labute approximate surface area is 156 Å². The number of ether oxygens (including phenoxy) is 1. The second kappa shape index (κ2) is 8.46. The molecule has 1 amide bonds.